The molecule has 2 aromatic rings. The van der Waals surface area contributed by atoms with E-state index in [0.717, 1.165) is 0 Å². The summed E-state index contributed by atoms with van der Waals surface area (Å²) in [6.45, 7) is 23.6. The first kappa shape index (κ1) is 35.1. The van der Waals surface area contributed by atoms with Crippen molar-refractivity contribution in [3.8, 4) is 0 Å². The van der Waals surface area contributed by atoms with Crippen molar-refractivity contribution < 1.29 is 28.1 Å². The van der Waals surface area contributed by atoms with Gasteiger partial charge in [0, 0.05) is 0 Å². The molecule has 2 rings (SSSR count). The van der Waals surface area contributed by atoms with Crippen molar-refractivity contribution in [2.75, 3.05) is 20.0 Å². The second-order valence-electron chi connectivity index (χ2n) is 10.5. The van der Waals surface area contributed by atoms with Gasteiger partial charge < -0.3 is 10.2 Å². The maximum atomic E-state index is 8.52. The van der Waals surface area contributed by atoms with Crippen molar-refractivity contribution in [1.82, 2.24) is 0 Å². The Morgan fingerprint density at radius 2 is 1.18 bits per heavy atom. The van der Waals surface area contributed by atoms with Gasteiger partial charge in [0.15, 0.2) is 0 Å². The molecule has 0 fully saturated rings. The summed E-state index contributed by atoms with van der Waals surface area (Å²) in [7, 11) is 0.380. The van der Waals surface area contributed by atoms with Gasteiger partial charge in [0.05, 0.1) is 11.2 Å². The summed E-state index contributed by atoms with van der Waals surface area (Å²) in [6.07, 6.45) is 2.22. The Balaban J connectivity index is 0. The minimum atomic E-state index is -0.808. The minimum Gasteiger partial charge on any atom is -0.391 e. The maximum absolute atomic E-state index is 8.52. The molecule has 0 aliphatic heterocycles. The largest absolute Gasteiger partial charge is 0.391 e. The quantitative estimate of drug-likeness (QED) is 0.329. The third-order valence-corrected chi connectivity index (χ3v) is 5.15. The van der Waals surface area contributed by atoms with Crippen LogP contribution in [0.25, 0.3) is 5.57 Å². The van der Waals surface area contributed by atoms with Crippen LogP contribution in [0.15, 0.2) is 58.1 Å². The molecule has 5 heteroatoms. The monoisotopic (exact) mass is 657 g/mol. The summed E-state index contributed by atoms with van der Waals surface area (Å²) in [5.41, 5.74) is 5.35. The molecule has 34 heavy (non-hydrogen) atoms. The number of aliphatic hydroxyl groups is 2. The van der Waals surface area contributed by atoms with Gasteiger partial charge in [-0.25, -0.2) is 0 Å². The molecular weight excluding hydrogens is 609 g/mol. The van der Waals surface area contributed by atoms with E-state index in [1.807, 2.05) is 6.07 Å². The molecule has 0 aliphatic carbocycles. The Bertz CT molecular complexity index is 855. The first-order valence-corrected chi connectivity index (χ1v) is 17.1. The predicted molar refractivity (Wildman–Crippen MR) is 153 cm³/mol. The average Bonchev–Trinajstić information content (AvgIpc) is 2.64. The fourth-order valence-electron chi connectivity index (χ4n) is 1.96. The first-order chi connectivity index (χ1) is 15.4. The fourth-order valence-corrected chi connectivity index (χ4v) is 4.55. The first-order valence-electron chi connectivity index (χ1n) is 11.5. The van der Waals surface area contributed by atoms with Crippen molar-refractivity contribution >= 4 is 23.6 Å². The van der Waals surface area contributed by atoms with E-state index in [1.54, 1.807) is 41.5 Å². The molecule has 0 amide bonds. The standard InChI is InChI=1S/C10H10.C8H9N.2C4H10O.C3H9P.W/c1-3-9(2)10-7-5-4-6-8-10;1-6-4-3-5-7(2)8(6)9;2*1-4(2,3)5;1-4(2)3;/h1,3-8H,2H3;3-5H,1-2H3;2*5H,1-3H3;1-3H3;/b9-3+;;;;;. The van der Waals surface area contributed by atoms with Crippen LogP contribution < -0.4 is 0 Å². The normalized spacial score (nSPS) is 11.1. The summed E-state index contributed by atoms with van der Waals surface area (Å²) >= 11 is -0.808. The zero-order valence-corrected chi connectivity index (χ0v) is 27.3. The Labute approximate surface area is 219 Å². The Morgan fingerprint density at radius 1 is 0.794 bits per heavy atom. The molecule has 3 nitrogen and oxygen atoms in total. The number of aryl methyl sites for hydroxylation is 2. The van der Waals surface area contributed by atoms with E-state index in [9.17, 15) is 0 Å². The summed E-state index contributed by atoms with van der Waals surface area (Å²) in [5.74, 6) is 0. The molecule has 0 aromatic heterocycles. The maximum Gasteiger partial charge on any atom is 0.0563 e. The molecule has 0 saturated carbocycles. The zero-order chi connectivity index (χ0) is 26.9. The zero-order valence-electron chi connectivity index (χ0n) is 23.5. The van der Waals surface area contributed by atoms with E-state index in [2.05, 4.69) is 93.7 Å². The van der Waals surface area contributed by atoms with Gasteiger partial charge in [-0.15, -0.1) is 7.92 Å². The molecule has 192 valence electrons. The molecule has 2 aromatic carbocycles. The van der Waals surface area contributed by atoms with E-state index in [-0.39, 0.29) is 0 Å². The van der Waals surface area contributed by atoms with Gasteiger partial charge in [0.2, 0.25) is 0 Å². The van der Waals surface area contributed by atoms with Crippen LogP contribution in [0.2, 0.25) is 0 Å². The van der Waals surface area contributed by atoms with Crippen LogP contribution in [-0.4, -0.2) is 45.8 Å². The van der Waals surface area contributed by atoms with Crippen molar-refractivity contribution in [3.05, 3.63) is 71.3 Å². The van der Waals surface area contributed by atoms with E-state index in [4.69, 9.17) is 13.7 Å². The third kappa shape index (κ3) is 27.1. The Morgan fingerprint density at radius 3 is 1.56 bits per heavy atom. The second kappa shape index (κ2) is 18.2. The summed E-state index contributed by atoms with van der Waals surface area (Å²) in [4.78, 5) is 0. The molecule has 2 N–H and O–H groups in total. The number of hydrogen-bond acceptors (Lipinski definition) is 3. The van der Waals surface area contributed by atoms with E-state index >= 15 is 0 Å². The van der Waals surface area contributed by atoms with Crippen LogP contribution in [0.1, 0.15) is 65.2 Å². The number of allylic oxidation sites excluding steroid dienone is 2. The molecular formula is C29H48NO2PW. The van der Waals surface area contributed by atoms with Crippen LogP contribution in [0.3, 0.4) is 0 Å². The third-order valence-electron chi connectivity index (χ3n) is 3.19. The minimum absolute atomic E-state index is 0.380. The molecule has 0 atom stereocenters. The smallest absolute Gasteiger partial charge is 0.0563 e. The van der Waals surface area contributed by atoms with Crippen LogP contribution >= 0.6 is 7.92 Å². The van der Waals surface area contributed by atoms with Gasteiger partial charge in [-0.3, -0.25) is 0 Å². The van der Waals surface area contributed by atoms with Gasteiger partial charge in [0.25, 0.3) is 0 Å². The molecule has 0 radical (unpaired) electrons. The Kier molecular flexibility index (Phi) is 18.8. The molecule has 0 saturated heterocycles. The van der Waals surface area contributed by atoms with Crippen LogP contribution in [0.5, 0.6) is 0 Å². The van der Waals surface area contributed by atoms with Crippen LogP contribution in [0.4, 0.5) is 5.69 Å². The number of nitrogens with zero attached hydrogens (tertiary/aromatic N) is 1. The van der Waals surface area contributed by atoms with Gasteiger partial charge in [0.1, 0.15) is 0 Å². The van der Waals surface area contributed by atoms with E-state index in [1.165, 1.54) is 28.0 Å². The number of benzene rings is 2. The van der Waals surface area contributed by atoms with E-state index < -0.39 is 29.1 Å². The van der Waals surface area contributed by atoms with Crippen molar-refractivity contribution in [2.45, 2.75) is 73.5 Å². The summed E-state index contributed by atoms with van der Waals surface area (Å²) in [6, 6.07) is 16.9. The average molecular weight is 658 g/mol. The second-order valence-corrected chi connectivity index (χ2v) is 15.5. The summed E-state index contributed by atoms with van der Waals surface area (Å²) < 4.78 is 7.12. The molecule has 0 heterocycles. The van der Waals surface area contributed by atoms with Crippen molar-refractivity contribution in [3.63, 3.8) is 0 Å². The van der Waals surface area contributed by atoms with Gasteiger partial charge in [-0.1, -0.05) is 0 Å². The van der Waals surface area contributed by atoms with Crippen LogP contribution in [0, 0.1) is 13.8 Å². The van der Waals surface area contributed by atoms with Gasteiger partial charge in [-0.2, -0.15) is 0 Å². The predicted octanol–water partition coefficient (Wildman–Crippen LogP) is 8.02. The topological polar surface area (TPSA) is 52.8 Å². The summed E-state index contributed by atoms with van der Waals surface area (Å²) in [5, 5.41) is 17.0. The SMILES string of the molecule is C/C(=C\[CH]=[W]=[N]c1c(C)cccc1C)c1ccccc1.CC(C)(C)O.CC(C)(C)O.CP(C)C. The van der Waals surface area contributed by atoms with Crippen molar-refractivity contribution in [2.24, 2.45) is 3.50 Å². The Hall–Kier alpha value is -1.11. The number of hydrogen-bond donors (Lipinski definition) is 2. The molecule has 0 spiro atoms. The molecule has 0 unspecified atom stereocenters. The van der Waals surface area contributed by atoms with Crippen LogP contribution in [-0.2, 0) is 17.9 Å². The molecule has 0 aliphatic rings. The number of rotatable bonds is 3. The molecule has 0 bridgehead atoms. The van der Waals surface area contributed by atoms with Gasteiger partial charge in [-0.05, 0) is 61.5 Å². The fraction of sp³-hybridized carbons (Fsp3) is 0.483. The van der Waals surface area contributed by atoms with Crippen molar-refractivity contribution in [1.29, 1.82) is 0 Å². The van der Waals surface area contributed by atoms with Gasteiger partial charge >= 0.3 is 129 Å². The van der Waals surface area contributed by atoms with E-state index in [0.29, 0.717) is 7.92 Å².